The first-order valence-corrected chi connectivity index (χ1v) is 7.35. The molecule has 2 fully saturated rings. The van der Waals surface area contributed by atoms with E-state index in [-0.39, 0.29) is 12.4 Å². The van der Waals surface area contributed by atoms with E-state index in [0.29, 0.717) is 17.8 Å². The Morgan fingerprint density at radius 2 is 2.15 bits per heavy atom. The van der Waals surface area contributed by atoms with Crippen LogP contribution in [-0.4, -0.2) is 40.2 Å². The molecule has 1 saturated heterocycles. The molecule has 1 saturated carbocycles. The first-order valence-electron chi connectivity index (χ1n) is 7.35. The molecule has 0 radical (unpaired) electrons. The lowest BCUT2D eigenvalue weighted by Crippen LogP contribution is -2.38. The third kappa shape index (κ3) is 3.84. The van der Waals surface area contributed by atoms with Gasteiger partial charge in [-0.1, -0.05) is 0 Å². The van der Waals surface area contributed by atoms with E-state index in [2.05, 4.69) is 15.2 Å². The van der Waals surface area contributed by atoms with Crippen LogP contribution >= 0.6 is 12.4 Å². The zero-order valence-corrected chi connectivity index (χ0v) is 12.8. The molecular weight excluding hydrogens is 274 g/mol. The van der Waals surface area contributed by atoms with Crippen molar-refractivity contribution in [3.8, 4) is 5.75 Å². The van der Waals surface area contributed by atoms with Crippen LogP contribution in [-0.2, 0) is 6.54 Å². The second-order valence-corrected chi connectivity index (χ2v) is 5.87. The van der Waals surface area contributed by atoms with Crippen molar-refractivity contribution in [3.63, 3.8) is 0 Å². The van der Waals surface area contributed by atoms with Gasteiger partial charge in [-0.25, -0.2) is 0 Å². The molecule has 1 aliphatic heterocycles. The molecule has 1 aromatic rings. The van der Waals surface area contributed by atoms with Crippen LogP contribution in [0, 0.1) is 6.92 Å². The number of pyridine rings is 1. The molecule has 4 nitrogen and oxygen atoms in total. The normalized spacial score (nSPS) is 22.0. The highest BCUT2D eigenvalue weighted by atomic mass is 35.5. The SMILES string of the molecule is Cc1ccc(O)c(CN(CC2CCCN2)C2CC2)n1.Cl. The Bertz CT molecular complexity index is 445. The van der Waals surface area contributed by atoms with Gasteiger partial charge in [-0.2, -0.15) is 0 Å². The molecule has 20 heavy (non-hydrogen) atoms. The van der Waals surface area contributed by atoms with Crippen molar-refractivity contribution in [1.29, 1.82) is 0 Å². The molecular formula is C15H24ClN3O. The van der Waals surface area contributed by atoms with Gasteiger partial charge in [-0.05, 0) is 51.3 Å². The molecule has 5 heteroatoms. The van der Waals surface area contributed by atoms with E-state index < -0.39 is 0 Å². The fraction of sp³-hybridized carbons (Fsp3) is 0.667. The molecule has 1 atom stereocenters. The summed E-state index contributed by atoms with van der Waals surface area (Å²) >= 11 is 0. The summed E-state index contributed by atoms with van der Waals surface area (Å²) in [6.07, 6.45) is 5.15. The lowest BCUT2D eigenvalue weighted by atomic mass is 10.2. The van der Waals surface area contributed by atoms with Gasteiger partial charge in [0.25, 0.3) is 0 Å². The minimum atomic E-state index is 0. The molecule has 3 rings (SSSR count). The van der Waals surface area contributed by atoms with E-state index in [4.69, 9.17) is 0 Å². The Hall–Kier alpha value is -0.840. The van der Waals surface area contributed by atoms with Gasteiger partial charge in [0, 0.05) is 30.9 Å². The molecule has 2 aliphatic rings. The smallest absolute Gasteiger partial charge is 0.138 e. The number of hydrogen-bond donors (Lipinski definition) is 2. The number of aryl methyl sites for hydroxylation is 1. The number of nitrogens with one attached hydrogen (secondary N) is 1. The Morgan fingerprint density at radius 3 is 2.80 bits per heavy atom. The molecule has 0 amide bonds. The number of aromatic hydroxyl groups is 1. The fourth-order valence-corrected chi connectivity index (χ4v) is 2.89. The molecule has 0 bridgehead atoms. The summed E-state index contributed by atoms with van der Waals surface area (Å²) < 4.78 is 0. The highest BCUT2D eigenvalue weighted by molar-refractivity contribution is 5.85. The van der Waals surface area contributed by atoms with E-state index in [1.54, 1.807) is 6.07 Å². The summed E-state index contributed by atoms with van der Waals surface area (Å²) in [7, 11) is 0. The topological polar surface area (TPSA) is 48.4 Å². The molecule has 1 aromatic heterocycles. The standard InChI is InChI=1S/C15H23N3O.ClH/c1-11-4-7-15(19)14(17-11)10-18(13-5-6-13)9-12-3-2-8-16-12;/h4,7,12-13,16,19H,2-3,5-6,8-10H2,1H3;1H. The van der Waals surface area contributed by atoms with Gasteiger partial charge in [0.2, 0.25) is 0 Å². The van der Waals surface area contributed by atoms with Crippen molar-refractivity contribution in [1.82, 2.24) is 15.2 Å². The molecule has 2 N–H and O–H groups in total. The summed E-state index contributed by atoms with van der Waals surface area (Å²) in [4.78, 5) is 6.98. The third-order valence-corrected chi connectivity index (χ3v) is 4.12. The average molecular weight is 298 g/mol. The van der Waals surface area contributed by atoms with Crippen LogP contribution in [0.4, 0.5) is 0 Å². The maximum absolute atomic E-state index is 9.94. The first-order chi connectivity index (χ1) is 9.22. The molecule has 112 valence electrons. The van der Waals surface area contributed by atoms with Gasteiger partial charge < -0.3 is 10.4 Å². The van der Waals surface area contributed by atoms with Gasteiger partial charge in [0.1, 0.15) is 5.75 Å². The Balaban J connectivity index is 0.00000147. The van der Waals surface area contributed by atoms with Gasteiger partial charge in [0.15, 0.2) is 0 Å². The molecule has 0 spiro atoms. The van der Waals surface area contributed by atoms with E-state index >= 15 is 0 Å². The Labute approximate surface area is 127 Å². The number of nitrogens with zero attached hydrogens (tertiary/aromatic N) is 2. The van der Waals surface area contributed by atoms with Crippen LogP contribution in [0.2, 0.25) is 0 Å². The minimum absolute atomic E-state index is 0. The second kappa shape index (κ2) is 6.74. The van der Waals surface area contributed by atoms with Gasteiger partial charge in [0.05, 0.1) is 5.69 Å². The highest BCUT2D eigenvalue weighted by Gasteiger charge is 2.31. The van der Waals surface area contributed by atoms with Gasteiger partial charge >= 0.3 is 0 Å². The van der Waals surface area contributed by atoms with E-state index in [9.17, 15) is 5.11 Å². The third-order valence-electron chi connectivity index (χ3n) is 4.12. The van der Waals surface area contributed by atoms with Crippen molar-refractivity contribution in [3.05, 3.63) is 23.5 Å². The summed E-state index contributed by atoms with van der Waals surface area (Å²) in [5.74, 6) is 0.329. The Kier molecular flexibility index (Phi) is 5.24. The van der Waals surface area contributed by atoms with Gasteiger partial charge in [-0.15, -0.1) is 12.4 Å². The first kappa shape index (κ1) is 15.5. The van der Waals surface area contributed by atoms with Crippen LogP contribution in [0.5, 0.6) is 5.75 Å². The summed E-state index contributed by atoms with van der Waals surface area (Å²) in [5, 5.41) is 13.5. The molecule has 1 aliphatic carbocycles. The van der Waals surface area contributed by atoms with Crippen molar-refractivity contribution in [2.45, 2.75) is 51.2 Å². The lowest BCUT2D eigenvalue weighted by Gasteiger charge is -2.25. The maximum atomic E-state index is 9.94. The largest absolute Gasteiger partial charge is 0.506 e. The van der Waals surface area contributed by atoms with Crippen LogP contribution < -0.4 is 5.32 Å². The van der Waals surface area contributed by atoms with Crippen molar-refractivity contribution < 1.29 is 5.11 Å². The van der Waals surface area contributed by atoms with E-state index in [0.717, 1.165) is 31.0 Å². The number of rotatable bonds is 5. The summed E-state index contributed by atoms with van der Waals surface area (Å²) in [6, 6.07) is 4.94. The van der Waals surface area contributed by atoms with Crippen LogP contribution in [0.3, 0.4) is 0 Å². The minimum Gasteiger partial charge on any atom is -0.506 e. The Morgan fingerprint density at radius 1 is 1.35 bits per heavy atom. The molecule has 2 heterocycles. The van der Waals surface area contributed by atoms with E-state index in [1.807, 2.05) is 13.0 Å². The predicted octanol–water partition coefficient (Wildman–Crippen LogP) is 2.23. The quantitative estimate of drug-likeness (QED) is 0.875. The van der Waals surface area contributed by atoms with Crippen molar-refractivity contribution in [2.24, 2.45) is 0 Å². The second-order valence-electron chi connectivity index (χ2n) is 5.87. The monoisotopic (exact) mass is 297 g/mol. The predicted molar refractivity (Wildman–Crippen MR) is 82.3 cm³/mol. The van der Waals surface area contributed by atoms with Gasteiger partial charge in [-0.3, -0.25) is 9.88 Å². The summed E-state index contributed by atoms with van der Waals surface area (Å²) in [6.45, 7) is 4.98. The zero-order chi connectivity index (χ0) is 13.2. The zero-order valence-electron chi connectivity index (χ0n) is 12.0. The molecule has 1 unspecified atom stereocenters. The maximum Gasteiger partial charge on any atom is 0.138 e. The average Bonchev–Trinajstić information content (AvgIpc) is 3.12. The number of hydrogen-bond acceptors (Lipinski definition) is 4. The van der Waals surface area contributed by atoms with Crippen molar-refractivity contribution in [2.75, 3.05) is 13.1 Å². The van der Waals surface area contributed by atoms with Crippen molar-refractivity contribution >= 4 is 12.4 Å². The van der Waals surface area contributed by atoms with Crippen LogP contribution in [0.1, 0.15) is 37.1 Å². The molecule has 0 aromatic carbocycles. The number of halogens is 1. The number of aromatic nitrogens is 1. The van der Waals surface area contributed by atoms with Crippen LogP contribution in [0.15, 0.2) is 12.1 Å². The van der Waals surface area contributed by atoms with E-state index in [1.165, 1.54) is 25.7 Å². The van der Waals surface area contributed by atoms with Crippen LogP contribution in [0.25, 0.3) is 0 Å². The highest BCUT2D eigenvalue weighted by Crippen LogP contribution is 2.30. The lowest BCUT2D eigenvalue weighted by molar-refractivity contribution is 0.225. The fourth-order valence-electron chi connectivity index (χ4n) is 2.89. The summed E-state index contributed by atoms with van der Waals surface area (Å²) in [5.41, 5.74) is 1.80.